The van der Waals surface area contributed by atoms with E-state index in [1.165, 1.54) is 12.1 Å². The van der Waals surface area contributed by atoms with Gasteiger partial charge in [0.05, 0.1) is 5.02 Å². The highest BCUT2D eigenvalue weighted by Gasteiger charge is 2.41. The van der Waals surface area contributed by atoms with Gasteiger partial charge in [0.1, 0.15) is 11.6 Å². The molecule has 8 heteroatoms. The number of aromatic hydroxyl groups is 1. The van der Waals surface area contributed by atoms with E-state index in [0.29, 0.717) is 11.3 Å². The van der Waals surface area contributed by atoms with Gasteiger partial charge in [0.15, 0.2) is 5.54 Å². The third-order valence-electron chi connectivity index (χ3n) is 3.94. The van der Waals surface area contributed by atoms with E-state index in [4.69, 9.17) is 34.3 Å². The first-order valence-electron chi connectivity index (χ1n) is 7.35. The third kappa shape index (κ3) is 3.65. The van der Waals surface area contributed by atoms with Crippen molar-refractivity contribution in [1.29, 1.82) is 5.41 Å². The summed E-state index contributed by atoms with van der Waals surface area (Å²) in [6.45, 7) is 1.67. The van der Waals surface area contributed by atoms with Gasteiger partial charge in [-0.15, -0.1) is 0 Å². The monoisotopic (exact) mass is 381 g/mol. The summed E-state index contributed by atoms with van der Waals surface area (Å²) in [5, 5.41) is 30.7. The Hall–Kier alpha value is -2.44. The number of aliphatic carboxylic acids is 1. The number of carboxylic acid groups (broad SMARTS) is 1. The molecular formula is C17H17Cl2N3O3. The Morgan fingerprint density at radius 2 is 1.88 bits per heavy atom. The van der Waals surface area contributed by atoms with Gasteiger partial charge in [-0.3, -0.25) is 5.41 Å². The van der Waals surface area contributed by atoms with Crippen LogP contribution in [0.5, 0.6) is 5.75 Å². The normalized spacial score (nSPS) is 13.1. The molecule has 25 heavy (non-hydrogen) atoms. The molecule has 0 fully saturated rings. The highest BCUT2D eigenvalue weighted by atomic mass is 35.5. The average molecular weight is 382 g/mol. The highest BCUT2D eigenvalue weighted by molar-refractivity contribution is 6.35. The summed E-state index contributed by atoms with van der Waals surface area (Å²) in [5.74, 6) is -1.63. The lowest BCUT2D eigenvalue weighted by molar-refractivity contribution is -0.142. The van der Waals surface area contributed by atoms with Crippen molar-refractivity contribution >= 4 is 40.7 Å². The van der Waals surface area contributed by atoms with Crippen molar-refractivity contribution in [2.75, 3.05) is 5.32 Å². The second-order valence-electron chi connectivity index (χ2n) is 5.46. The van der Waals surface area contributed by atoms with E-state index in [1.807, 2.05) is 0 Å². The maximum Gasteiger partial charge on any atom is 0.334 e. The average Bonchev–Trinajstić information content (AvgIpc) is 2.56. The van der Waals surface area contributed by atoms with Crippen LogP contribution in [0.4, 0.5) is 5.69 Å². The second kappa shape index (κ2) is 7.21. The number of anilines is 1. The molecule has 0 saturated carbocycles. The van der Waals surface area contributed by atoms with E-state index in [2.05, 4.69) is 5.32 Å². The maximum atomic E-state index is 12.1. The number of nitrogen functional groups attached to an aromatic ring is 1. The number of nitrogens with one attached hydrogen (secondary N) is 2. The van der Waals surface area contributed by atoms with Crippen molar-refractivity contribution in [2.24, 2.45) is 5.73 Å². The Bertz CT molecular complexity index is 825. The highest BCUT2D eigenvalue weighted by Crippen LogP contribution is 2.41. The molecular weight excluding hydrogens is 365 g/mol. The molecule has 0 spiro atoms. The fraction of sp³-hybridized carbons (Fsp3) is 0.176. The number of phenolic OH excluding ortho intramolecular Hbond substituents is 1. The molecule has 1 atom stereocenters. The number of carbonyl (C=O) groups is 1. The van der Waals surface area contributed by atoms with Crippen LogP contribution in [-0.4, -0.2) is 22.0 Å². The molecule has 6 N–H and O–H groups in total. The zero-order valence-corrected chi connectivity index (χ0v) is 14.8. The van der Waals surface area contributed by atoms with E-state index in [9.17, 15) is 15.0 Å². The summed E-state index contributed by atoms with van der Waals surface area (Å²) in [5.41, 5.74) is 4.83. The van der Waals surface area contributed by atoms with Crippen LogP contribution < -0.4 is 11.1 Å². The van der Waals surface area contributed by atoms with Crippen LogP contribution in [0, 0.1) is 5.41 Å². The summed E-state index contributed by atoms with van der Waals surface area (Å²) in [6, 6.07) is 9.11. The van der Waals surface area contributed by atoms with Gasteiger partial charge >= 0.3 is 5.97 Å². The largest absolute Gasteiger partial charge is 0.506 e. The molecule has 2 aromatic carbocycles. The van der Waals surface area contributed by atoms with Crippen molar-refractivity contribution in [3.05, 3.63) is 57.6 Å². The Morgan fingerprint density at radius 3 is 2.36 bits per heavy atom. The third-order valence-corrected chi connectivity index (χ3v) is 4.44. The summed E-state index contributed by atoms with van der Waals surface area (Å²) in [6.07, 6.45) is 0.112. The predicted molar refractivity (Wildman–Crippen MR) is 98.8 cm³/mol. The molecule has 1 unspecified atom stereocenters. The lowest BCUT2D eigenvalue weighted by Gasteiger charge is -2.32. The number of hydrogen-bond donors (Lipinski definition) is 5. The number of halogens is 2. The SMILES string of the molecule is CCC(Nc1ccc(C(=N)N)cc1)(C(=O)O)c1cc(Cl)cc(Cl)c1O. The van der Waals surface area contributed by atoms with Crippen LogP contribution in [0.1, 0.15) is 24.5 Å². The zero-order valence-electron chi connectivity index (χ0n) is 13.3. The molecule has 0 aliphatic heterocycles. The molecule has 0 saturated heterocycles. The Balaban J connectivity index is 2.56. The molecule has 0 aliphatic carbocycles. The van der Waals surface area contributed by atoms with Gasteiger partial charge in [0, 0.05) is 21.8 Å². The summed E-state index contributed by atoms with van der Waals surface area (Å²) in [4.78, 5) is 12.1. The lowest BCUT2D eigenvalue weighted by atomic mass is 9.86. The quantitative estimate of drug-likeness (QED) is 0.385. The molecule has 0 amide bonds. The van der Waals surface area contributed by atoms with Crippen LogP contribution in [0.25, 0.3) is 0 Å². The predicted octanol–water partition coefficient (Wildman–Crippen LogP) is 3.79. The molecule has 0 heterocycles. The molecule has 0 aromatic heterocycles. The minimum absolute atomic E-state index is 0.0321. The van der Waals surface area contributed by atoms with Crippen LogP contribution in [-0.2, 0) is 10.3 Å². The van der Waals surface area contributed by atoms with Crippen LogP contribution in [0.15, 0.2) is 36.4 Å². The number of phenols is 1. The van der Waals surface area contributed by atoms with Crippen molar-refractivity contribution in [2.45, 2.75) is 18.9 Å². The molecule has 0 aliphatic rings. The first-order chi connectivity index (χ1) is 11.7. The maximum absolute atomic E-state index is 12.1. The summed E-state index contributed by atoms with van der Waals surface area (Å²) < 4.78 is 0. The van der Waals surface area contributed by atoms with E-state index in [0.717, 1.165) is 0 Å². The van der Waals surface area contributed by atoms with Crippen molar-refractivity contribution < 1.29 is 15.0 Å². The Kier molecular flexibility index (Phi) is 5.45. The summed E-state index contributed by atoms with van der Waals surface area (Å²) in [7, 11) is 0. The van der Waals surface area contributed by atoms with E-state index < -0.39 is 11.5 Å². The summed E-state index contributed by atoms with van der Waals surface area (Å²) >= 11 is 11.9. The van der Waals surface area contributed by atoms with Gasteiger partial charge in [0.2, 0.25) is 0 Å². The van der Waals surface area contributed by atoms with E-state index in [1.54, 1.807) is 31.2 Å². The molecule has 2 aromatic rings. The van der Waals surface area contributed by atoms with E-state index >= 15 is 0 Å². The Morgan fingerprint density at radius 1 is 1.28 bits per heavy atom. The zero-order chi connectivity index (χ0) is 18.8. The molecule has 0 radical (unpaired) electrons. The standard InChI is InChI=1S/C17H17Cl2N3O3/c1-2-17(16(24)25,12-7-10(18)8-13(19)14(12)23)22-11-5-3-9(4-6-11)15(20)21/h3-8,22-23H,2H2,1H3,(H3,20,21)(H,24,25). The fourth-order valence-corrected chi connectivity index (χ4v) is 3.03. The molecule has 132 valence electrons. The molecule has 6 nitrogen and oxygen atoms in total. The number of amidine groups is 1. The fourth-order valence-electron chi connectivity index (χ4n) is 2.54. The van der Waals surface area contributed by atoms with Gasteiger partial charge in [-0.25, -0.2) is 4.79 Å². The molecule has 0 bridgehead atoms. The minimum Gasteiger partial charge on any atom is -0.506 e. The van der Waals surface area contributed by atoms with Crippen molar-refractivity contribution in [3.8, 4) is 5.75 Å². The van der Waals surface area contributed by atoms with Crippen LogP contribution >= 0.6 is 23.2 Å². The van der Waals surface area contributed by atoms with Crippen molar-refractivity contribution in [3.63, 3.8) is 0 Å². The van der Waals surface area contributed by atoms with Gasteiger partial charge < -0.3 is 21.3 Å². The number of nitrogens with two attached hydrogens (primary N) is 1. The first-order valence-corrected chi connectivity index (χ1v) is 8.11. The van der Waals surface area contributed by atoms with Crippen molar-refractivity contribution in [1.82, 2.24) is 0 Å². The first kappa shape index (κ1) is 18.9. The number of hydrogen-bond acceptors (Lipinski definition) is 4. The lowest BCUT2D eigenvalue weighted by Crippen LogP contribution is -2.43. The number of benzene rings is 2. The Labute approximate surface area is 154 Å². The van der Waals surface area contributed by atoms with Gasteiger partial charge in [-0.2, -0.15) is 0 Å². The minimum atomic E-state index is -1.64. The molecule has 2 rings (SSSR count). The number of rotatable bonds is 6. The van der Waals surface area contributed by atoms with E-state index in [-0.39, 0.29) is 33.6 Å². The van der Waals surface area contributed by atoms with Gasteiger partial charge in [-0.05, 0) is 42.8 Å². The smallest absolute Gasteiger partial charge is 0.334 e. The van der Waals surface area contributed by atoms with Crippen LogP contribution in [0.2, 0.25) is 10.0 Å². The number of carboxylic acids is 1. The second-order valence-corrected chi connectivity index (χ2v) is 6.31. The van der Waals surface area contributed by atoms with Gasteiger partial charge in [0.25, 0.3) is 0 Å². The van der Waals surface area contributed by atoms with Crippen LogP contribution in [0.3, 0.4) is 0 Å². The van der Waals surface area contributed by atoms with Gasteiger partial charge in [-0.1, -0.05) is 30.1 Å². The topological polar surface area (TPSA) is 119 Å².